The minimum atomic E-state index is -0.916. The van der Waals surface area contributed by atoms with Gasteiger partial charge in [0.1, 0.15) is 5.82 Å². The lowest BCUT2D eigenvalue weighted by atomic mass is 10.0. The molecule has 8 nitrogen and oxygen atoms in total. The van der Waals surface area contributed by atoms with Gasteiger partial charge < -0.3 is 20.7 Å². The number of likely N-dealkylation sites (N-methyl/N-ethyl adjacent to an activating group) is 1. The van der Waals surface area contributed by atoms with Crippen molar-refractivity contribution < 1.29 is 23.9 Å². The van der Waals surface area contributed by atoms with E-state index in [1.54, 1.807) is 24.8 Å². The lowest BCUT2D eigenvalue weighted by molar-refractivity contribution is -0.138. The summed E-state index contributed by atoms with van der Waals surface area (Å²) in [4.78, 5) is 40.8. The number of aromatic nitrogens is 1. The molecule has 0 radical (unpaired) electrons. The molecule has 2 heterocycles. The van der Waals surface area contributed by atoms with Crippen LogP contribution in [-0.2, 0) is 9.59 Å². The number of rotatable bonds is 8. The second-order valence-electron chi connectivity index (χ2n) is 7.38. The van der Waals surface area contributed by atoms with Crippen LogP contribution in [0, 0.1) is 19.7 Å². The van der Waals surface area contributed by atoms with E-state index >= 15 is 0 Å². The molecule has 0 atom stereocenters. The summed E-state index contributed by atoms with van der Waals surface area (Å²) >= 11 is 0. The number of carbonyl (C=O) groups excluding carboxylic acids is 2. The highest BCUT2D eigenvalue weighted by Gasteiger charge is 2.26. The lowest BCUT2D eigenvalue weighted by Gasteiger charge is -2.18. The maximum Gasteiger partial charge on any atom is 0.317 e. The van der Waals surface area contributed by atoms with Crippen LogP contribution in [0.15, 0.2) is 18.2 Å². The zero-order valence-corrected chi connectivity index (χ0v) is 17.6. The van der Waals surface area contributed by atoms with Gasteiger partial charge >= 0.3 is 5.97 Å². The number of hydrogen-bond donors (Lipinski definition) is 4. The summed E-state index contributed by atoms with van der Waals surface area (Å²) < 4.78 is 13.7. The van der Waals surface area contributed by atoms with E-state index in [1.807, 2.05) is 6.92 Å². The summed E-state index contributed by atoms with van der Waals surface area (Å²) in [7, 11) is 0. The summed E-state index contributed by atoms with van der Waals surface area (Å²) in [5.41, 5.74) is 3.69. The van der Waals surface area contributed by atoms with E-state index in [0.29, 0.717) is 59.0 Å². The van der Waals surface area contributed by atoms with E-state index < -0.39 is 11.8 Å². The second kappa shape index (κ2) is 9.13. The predicted molar refractivity (Wildman–Crippen MR) is 115 cm³/mol. The van der Waals surface area contributed by atoms with Gasteiger partial charge in [-0.15, -0.1) is 0 Å². The highest BCUT2D eigenvalue weighted by Crippen LogP contribution is 2.34. The SMILES string of the molecule is CCN(CCNC(=O)c1c(C)[nH]c(/C=C2\C(=O)Nc3ccc(F)cc32)c1C)CC(=O)O. The van der Waals surface area contributed by atoms with Crippen molar-refractivity contribution in [2.45, 2.75) is 20.8 Å². The van der Waals surface area contributed by atoms with E-state index in [0.717, 1.165) is 0 Å². The Hall–Kier alpha value is -3.46. The molecule has 0 unspecified atom stereocenters. The summed E-state index contributed by atoms with van der Waals surface area (Å²) in [5, 5.41) is 14.4. The van der Waals surface area contributed by atoms with Crippen LogP contribution in [0.3, 0.4) is 0 Å². The Balaban J connectivity index is 1.78. The van der Waals surface area contributed by atoms with Gasteiger partial charge in [0.25, 0.3) is 11.8 Å². The molecule has 1 aromatic heterocycles. The van der Waals surface area contributed by atoms with Crippen molar-refractivity contribution in [1.82, 2.24) is 15.2 Å². The van der Waals surface area contributed by atoms with Crippen LogP contribution in [0.25, 0.3) is 11.6 Å². The summed E-state index contributed by atoms with van der Waals surface area (Å²) in [6.45, 7) is 6.57. The van der Waals surface area contributed by atoms with Crippen molar-refractivity contribution in [3.63, 3.8) is 0 Å². The first kappa shape index (κ1) is 22.2. The first-order valence-corrected chi connectivity index (χ1v) is 9.95. The molecule has 31 heavy (non-hydrogen) atoms. The highest BCUT2D eigenvalue weighted by atomic mass is 19.1. The molecular formula is C22H25FN4O4. The average molecular weight is 428 g/mol. The largest absolute Gasteiger partial charge is 0.480 e. The number of fused-ring (bicyclic) bond motifs is 1. The standard InChI is InChI=1S/C22H25FN4O4/c1-4-27(11-19(28)29)8-7-24-22(31)20-12(2)18(25-13(20)3)10-16-15-9-14(23)5-6-17(15)26-21(16)30/h5-6,9-10,25H,4,7-8,11H2,1-3H3,(H,24,31)(H,26,30)(H,28,29)/b16-10-. The van der Waals surface area contributed by atoms with E-state index in [-0.39, 0.29) is 18.4 Å². The molecule has 0 bridgehead atoms. The quantitative estimate of drug-likeness (QED) is 0.482. The first-order valence-electron chi connectivity index (χ1n) is 9.95. The van der Waals surface area contributed by atoms with Crippen molar-refractivity contribution in [1.29, 1.82) is 0 Å². The fourth-order valence-corrected chi connectivity index (χ4v) is 3.66. The van der Waals surface area contributed by atoms with Crippen LogP contribution in [0.5, 0.6) is 0 Å². The molecule has 0 spiro atoms. The third kappa shape index (κ3) is 4.83. The predicted octanol–water partition coefficient (Wildman–Crippen LogP) is 2.40. The van der Waals surface area contributed by atoms with E-state index in [9.17, 15) is 18.8 Å². The number of amides is 2. The first-order chi connectivity index (χ1) is 14.7. The van der Waals surface area contributed by atoms with Crippen LogP contribution in [0.2, 0.25) is 0 Å². The summed E-state index contributed by atoms with van der Waals surface area (Å²) in [6, 6.07) is 4.10. The molecule has 1 aromatic carbocycles. The van der Waals surface area contributed by atoms with Crippen molar-refractivity contribution in [3.8, 4) is 0 Å². The lowest BCUT2D eigenvalue weighted by Crippen LogP contribution is -2.37. The Morgan fingerprint density at radius 2 is 2.03 bits per heavy atom. The molecule has 0 aliphatic carbocycles. The summed E-state index contributed by atoms with van der Waals surface area (Å²) in [5.74, 6) is -1.98. The van der Waals surface area contributed by atoms with Gasteiger partial charge in [0, 0.05) is 35.7 Å². The number of carboxylic acid groups (broad SMARTS) is 1. The van der Waals surface area contributed by atoms with Crippen LogP contribution in [0.4, 0.5) is 10.1 Å². The molecule has 1 aliphatic heterocycles. The Kier molecular flexibility index (Phi) is 6.55. The number of anilines is 1. The molecule has 9 heteroatoms. The number of nitrogens with one attached hydrogen (secondary N) is 3. The van der Waals surface area contributed by atoms with Crippen LogP contribution in [0.1, 0.15) is 39.8 Å². The smallest absolute Gasteiger partial charge is 0.317 e. The molecule has 0 saturated carbocycles. The molecule has 0 fully saturated rings. The van der Waals surface area contributed by atoms with Crippen molar-refractivity contribution >= 4 is 35.1 Å². The number of carbonyl (C=O) groups is 3. The van der Waals surface area contributed by atoms with E-state index in [4.69, 9.17) is 5.11 Å². The maximum absolute atomic E-state index is 13.7. The van der Waals surface area contributed by atoms with Crippen LogP contribution < -0.4 is 10.6 Å². The van der Waals surface area contributed by atoms with E-state index in [2.05, 4.69) is 15.6 Å². The number of H-pyrrole nitrogens is 1. The van der Waals surface area contributed by atoms with Gasteiger partial charge in [-0.2, -0.15) is 0 Å². The normalized spacial score (nSPS) is 14.1. The van der Waals surface area contributed by atoms with Crippen molar-refractivity contribution in [2.75, 3.05) is 31.5 Å². The molecule has 4 N–H and O–H groups in total. The van der Waals surface area contributed by atoms with Gasteiger partial charge in [-0.25, -0.2) is 4.39 Å². The van der Waals surface area contributed by atoms with Gasteiger partial charge in [-0.3, -0.25) is 19.3 Å². The zero-order chi connectivity index (χ0) is 22.7. The van der Waals surface area contributed by atoms with Gasteiger partial charge in [0.15, 0.2) is 0 Å². The number of hydrogen-bond acceptors (Lipinski definition) is 4. The Morgan fingerprint density at radius 3 is 2.71 bits per heavy atom. The van der Waals surface area contributed by atoms with Crippen molar-refractivity contribution in [3.05, 3.63) is 52.1 Å². The fraction of sp³-hybridized carbons (Fsp3) is 0.318. The molecular weight excluding hydrogens is 403 g/mol. The summed E-state index contributed by atoms with van der Waals surface area (Å²) in [6.07, 6.45) is 1.62. The number of carboxylic acids is 1. The number of aryl methyl sites for hydroxylation is 1. The molecule has 0 saturated heterocycles. The molecule has 2 amide bonds. The Bertz CT molecular complexity index is 1070. The average Bonchev–Trinajstić information content (AvgIpc) is 3.16. The molecule has 2 aromatic rings. The highest BCUT2D eigenvalue weighted by molar-refractivity contribution is 6.34. The van der Waals surface area contributed by atoms with Gasteiger partial charge in [0.05, 0.1) is 17.7 Å². The topological polar surface area (TPSA) is 115 Å². The number of aliphatic carboxylic acids is 1. The maximum atomic E-state index is 13.7. The van der Waals surface area contributed by atoms with Crippen molar-refractivity contribution in [2.24, 2.45) is 0 Å². The third-order valence-corrected chi connectivity index (χ3v) is 5.28. The van der Waals surface area contributed by atoms with E-state index in [1.165, 1.54) is 18.2 Å². The van der Waals surface area contributed by atoms with Gasteiger partial charge in [-0.05, 0) is 50.2 Å². The minimum Gasteiger partial charge on any atom is -0.480 e. The second-order valence-corrected chi connectivity index (χ2v) is 7.38. The van der Waals surface area contributed by atoms with Crippen LogP contribution in [-0.4, -0.2) is 59.0 Å². The Morgan fingerprint density at radius 1 is 1.29 bits per heavy atom. The number of nitrogens with zero attached hydrogens (tertiary/aromatic N) is 1. The van der Waals surface area contributed by atoms with Gasteiger partial charge in [0.2, 0.25) is 0 Å². The molecule has 3 rings (SSSR count). The molecule has 1 aliphatic rings. The van der Waals surface area contributed by atoms with Gasteiger partial charge in [-0.1, -0.05) is 6.92 Å². The number of halogens is 1. The molecule has 164 valence electrons. The number of aromatic amines is 1. The minimum absolute atomic E-state index is 0.0869. The number of benzene rings is 1. The third-order valence-electron chi connectivity index (χ3n) is 5.28. The zero-order valence-electron chi connectivity index (χ0n) is 17.6. The fourth-order valence-electron chi connectivity index (χ4n) is 3.66. The Labute approximate surface area is 179 Å². The monoisotopic (exact) mass is 428 g/mol. The van der Waals surface area contributed by atoms with Crippen LogP contribution >= 0.6 is 0 Å².